The monoisotopic (exact) mass is 332 g/mol. The van der Waals surface area contributed by atoms with Gasteiger partial charge in [0.25, 0.3) is 11.7 Å². The summed E-state index contributed by atoms with van der Waals surface area (Å²) in [6.07, 6.45) is 1.89. The van der Waals surface area contributed by atoms with Crippen LogP contribution in [0.1, 0.15) is 41.0 Å². The zero-order valence-corrected chi connectivity index (χ0v) is 13.7. The van der Waals surface area contributed by atoms with Crippen molar-refractivity contribution in [3.8, 4) is 11.5 Å². The Morgan fingerprint density at radius 2 is 2.25 bits per heavy atom. The SMILES string of the molecule is COc1cccc(CN2CCCC2c2nc(C(N)=O)no2)c1OC. The van der Waals surface area contributed by atoms with Crippen molar-refractivity contribution in [1.29, 1.82) is 0 Å². The van der Waals surface area contributed by atoms with Crippen molar-refractivity contribution in [3.05, 3.63) is 35.5 Å². The number of methoxy groups -OCH3 is 2. The van der Waals surface area contributed by atoms with E-state index in [4.69, 9.17) is 19.7 Å². The van der Waals surface area contributed by atoms with Crippen molar-refractivity contribution in [3.63, 3.8) is 0 Å². The van der Waals surface area contributed by atoms with Crippen molar-refractivity contribution in [2.24, 2.45) is 5.73 Å². The summed E-state index contributed by atoms with van der Waals surface area (Å²) in [5, 5.41) is 3.63. The normalized spacial score (nSPS) is 17.8. The van der Waals surface area contributed by atoms with Gasteiger partial charge in [0.1, 0.15) is 0 Å². The van der Waals surface area contributed by atoms with E-state index in [0.29, 0.717) is 23.9 Å². The zero-order valence-electron chi connectivity index (χ0n) is 13.7. The molecule has 24 heavy (non-hydrogen) atoms. The number of rotatable bonds is 6. The standard InChI is InChI=1S/C16H20N4O4/c1-22-12-7-3-5-10(13(12)23-2)9-20-8-4-6-11(20)16-18-15(14(17)21)19-24-16/h3,5,7,11H,4,6,8-9H2,1-2H3,(H2,17,21). The Morgan fingerprint density at radius 1 is 1.42 bits per heavy atom. The number of para-hydroxylation sites is 1. The Labute approximate surface area is 139 Å². The number of aromatic nitrogens is 2. The average molecular weight is 332 g/mol. The fourth-order valence-corrected chi connectivity index (χ4v) is 3.06. The molecule has 0 spiro atoms. The molecular formula is C16H20N4O4. The predicted molar refractivity (Wildman–Crippen MR) is 84.7 cm³/mol. The maximum atomic E-state index is 11.1. The van der Waals surface area contributed by atoms with Gasteiger partial charge in [0.2, 0.25) is 5.89 Å². The number of carbonyl (C=O) groups excluding carboxylic acids is 1. The smallest absolute Gasteiger partial charge is 0.290 e. The second-order valence-electron chi connectivity index (χ2n) is 5.60. The molecule has 1 aliphatic heterocycles. The van der Waals surface area contributed by atoms with Gasteiger partial charge >= 0.3 is 0 Å². The Morgan fingerprint density at radius 3 is 2.92 bits per heavy atom. The highest BCUT2D eigenvalue weighted by Gasteiger charge is 2.32. The number of hydrogen-bond acceptors (Lipinski definition) is 7. The summed E-state index contributed by atoms with van der Waals surface area (Å²) in [6, 6.07) is 5.75. The van der Waals surface area contributed by atoms with Crippen LogP contribution in [-0.2, 0) is 6.54 Å². The lowest BCUT2D eigenvalue weighted by molar-refractivity contribution is 0.0987. The molecule has 1 unspecified atom stereocenters. The molecule has 1 aromatic heterocycles. The summed E-state index contributed by atoms with van der Waals surface area (Å²) in [5.74, 6) is 1.05. The molecule has 1 aromatic carbocycles. The van der Waals surface area contributed by atoms with Crippen molar-refractivity contribution in [2.45, 2.75) is 25.4 Å². The second-order valence-corrected chi connectivity index (χ2v) is 5.60. The number of carbonyl (C=O) groups is 1. The van der Waals surface area contributed by atoms with Crippen LogP contribution in [0.5, 0.6) is 11.5 Å². The van der Waals surface area contributed by atoms with E-state index in [9.17, 15) is 4.79 Å². The van der Waals surface area contributed by atoms with E-state index >= 15 is 0 Å². The summed E-state index contributed by atoms with van der Waals surface area (Å²) in [7, 11) is 3.24. The van der Waals surface area contributed by atoms with E-state index in [-0.39, 0.29) is 11.9 Å². The van der Waals surface area contributed by atoms with Gasteiger partial charge in [-0.3, -0.25) is 9.69 Å². The molecule has 2 aromatic rings. The second kappa shape index (κ2) is 6.88. The number of nitrogens with two attached hydrogens (primary N) is 1. The van der Waals surface area contributed by atoms with Gasteiger partial charge in [0.15, 0.2) is 11.5 Å². The molecule has 8 heteroatoms. The molecule has 2 N–H and O–H groups in total. The third-order valence-electron chi connectivity index (χ3n) is 4.17. The van der Waals surface area contributed by atoms with Crippen LogP contribution in [-0.4, -0.2) is 41.7 Å². The van der Waals surface area contributed by atoms with Gasteiger partial charge in [-0.25, -0.2) is 0 Å². The highest BCUT2D eigenvalue weighted by atomic mass is 16.5. The molecule has 1 fully saturated rings. The van der Waals surface area contributed by atoms with Crippen LogP contribution in [0, 0.1) is 0 Å². The van der Waals surface area contributed by atoms with E-state index in [1.165, 1.54) is 0 Å². The summed E-state index contributed by atoms with van der Waals surface area (Å²) >= 11 is 0. The summed E-state index contributed by atoms with van der Waals surface area (Å²) in [5.41, 5.74) is 6.20. The minimum atomic E-state index is -0.691. The first-order valence-corrected chi connectivity index (χ1v) is 7.71. The molecule has 8 nitrogen and oxygen atoms in total. The van der Waals surface area contributed by atoms with Gasteiger partial charge in [-0.05, 0) is 25.5 Å². The zero-order chi connectivity index (χ0) is 17.1. The van der Waals surface area contributed by atoms with Gasteiger partial charge in [0.05, 0.1) is 20.3 Å². The first-order chi connectivity index (χ1) is 11.6. The number of benzene rings is 1. The van der Waals surface area contributed by atoms with E-state index in [1.54, 1.807) is 14.2 Å². The van der Waals surface area contributed by atoms with Crippen molar-refractivity contribution < 1.29 is 18.8 Å². The van der Waals surface area contributed by atoms with E-state index in [0.717, 1.165) is 24.9 Å². The van der Waals surface area contributed by atoms with Crippen molar-refractivity contribution in [1.82, 2.24) is 15.0 Å². The average Bonchev–Trinajstić information content (AvgIpc) is 3.23. The fraction of sp³-hybridized carbons (Fsp3) is 0.438. The van der Waals surface area contributed by atoms with Crippen LogP contribution < -0.4 is 15.2 Å². The molecule has 0 bridgehead atoms. The lowest BCUT2D eigenvalue weighted by Gasteiger charge is -2.23. The number of nitrogens with zero attached hydrogens (tertiary/aromatic N) is 3. The van der Waals surface area contributed by atoms with Gasteiger partial charge in [0, 0.05) is 12.1 Å². The topological polar surface area (TPSA) is 104 Å². The summed E-state index contributed by atoms with van der Waals surface area (Å²) in [4.78, 5) is 17.5. The third-order valence-corrected chi connectivity index (χ3v) is 4.17. The molecule has 2 heterocycles. The Kier molecular flexibility index (Phi) is 4.66. The lowest BCUT2D eigenvalue weighted by atomic mass is 10.1. The van der Waals surface area contributed by atoms with Crippen molar-refractivity contribution in [2.75, 3.05) is 20.8 Å². The maximum absolute atomic E-state index is 11.1. The molecule has 1 saturated heterocycles. The molecule has 0 aliphatic carbocycles. The van der Waals surface area contributed by atoms with E-state index in [1.807, 2.05) is 18.2 Å². The van der Waals surface area contributed by atoms with Gasteiger partial charge < -0.3 is 19.7 Å². The molecule has 0 radical (unpaired) electrons. The van der Waals surface area contributed by atoms with Crippen LogP contribution >= 0.6 is 0 Å². The van der Waals surface area contributed by atoms with E-state index < -0.39 is 5.91 Å². The first kappa shape index (κ1) is 16.3. The molecule has 0 saturated carbocycles. The number of likely N-dealkylation sites (tertiary alicyclic amines) is 1. The lowest BCUT2D eigenvalue weighted by Crippen LogP contribution is -2.23. The Hall–Kier alpha value is -2.61. The summed E-state index contributed by atoms with van der Waals surface area (Å²) in [6.45, 7) is 1.54. The third kappa shape index (κ3) is 3.05. The largest absolute Gasteiger partial charge is 0.493 e. The molecule has 1 aliphatic rings. The number of primary amides is 1. The van der Waals surface area contributed by atoms with Gasteiger partial charge in [-0.2, -0.15) is 4.98 Å². The Balaban J connectivity index is 1.82. The van der Waals surface area contributed by atoms with Crippen LogP contribution in [0.3, 0.4) is 0 Å². The first-order valence-electron chi connectivity index (χ1n) is 7.71. The Bertz CT molecular complexity index is 731. The van der Waals surface area contributed by atoms with Crippen LogP contribution in [0.25, 0.3) is 0 Å². The highest BCUT2D eigenvalue weighted by Crippen LogP contribution is 2.36. The molecule has 1 atom stereocenters. The minimum Gasteiger partial charge on any atom is -0.493 e. The van der Waals surface area contributed by atoms with E-state index in [2.05, 4.69) is 15.0 Å². The summed E-state index contributed by atoms with van der Waals surface area (Å²) < 4.78 is 16.1. The highest BCUT2D eigenvalue weighted by molar-refractivity contribution is 5.88. The van der Waals surface area contributed by atoms with Crippen LogP contribution in [0.15, 0.2) is 22.7 Å². The number of amides is 1. The fourth-order valence-electron chi connectivity index (χ4n) is 3.06. The number of hydrogen-bond donors (Lipinski definition) is 1. The maximum Gasteiger partial charge on any atom is 0.290 e. The molecule has 3 rings (SSSR count). The quantitative estimate of drug-likeness (QED) is 0.855. The van der Waals surface area contributed by atoms with Crippen LogP contribution in [0.4, 0.5) is 0 Å². The molecule has 1 amide bonds. The van der Waals surface area contributed by atoms with Crippen LogP contribution in [0.2, 0.25) is 0 Å². The molecular weight excluding hydrogens is 312 g/mol. The number of ether oxygens (including phenoxy) is 2. The van der Waals surface area contributed by atoms with Gasteiger partial charge in [-0.1, -0.05) is 17.3 Å². The minimum absolute atomic E-state index is 0.0403. The molecule has 128 valence electrons. The predicted octanol–water partition coefficient (Wildman–Crippen LogP) is 1.52. The van der Waals surface area contributed by atoms with Gasteiger partial charge in [-0.15, -0.1) is 0 Å². The van der Waals surface area contributed by atoms with Crippen molar-refractivity contribution >= 4 is 5.91 Å².